The molecule has 152 valence electrons. The number of methoxy groups -OCH3 is 1. The number of hydrogen-bond donors (Lipinski definition) is 0. The van der Waals surface area contributed by atoms with Crippen LogP contribution >= 0.6 is 0 Å². The summed E-state index contributed by atoms with van der Waals surface area (Å²) < 4.78 is 21.0. The molecule has 9 nitrogen and oxygen atoms in total. The first kappa shape index (κ1) is 19.3. The lowest BCUT2D eigenvalue weighted by molar-refractivity contribution is -0.142. The molecule has 4 rings (SSSR count). The first-order valence-corrected chi connectivity index (χ1v) is 9.00. The maximum absolute atomic E-state index is 12.6. The van der Waals surface area contributed by atoms with Gasteiger partial charge >= 0.3 is 11.6 Å². The Kier molecular flexibility index (Phi) is 5.01. The van der Waals surface area contributed by atoms with Crippen LogP contribution in [0.1, 0.15) is 18.2 Å². The van der Waals surface area contributed by atoms with Crippen molar-refractivity contribution in [2.45, 2.75) is 20.5 Å². The quantitative estimate of drug-likeness (QED) is 0.459. The van der Waals surface area contributed by atoms with Gasteiger partial charge in [-0.05, 0) is 37.3 Å². The fraction of sp³-hybridized carbons (Fsp3) is 0.190. The van der Waals surface area contributed by atoms with Crippen LogP contribution in [0.4, 0.5) is 0 Å². The number of hydrogen-bond acceptors (Lipinski definition) is 9. The summed E-state index contributed by atoms with van der Waals surface area (Å²) in [5.74, 6) is 0.604. The first-order valence-electron chi connectivity index (χ1n) is 9.00. The Morgan fingerprint density at radius 3 is 2.67 bits per heavy atom. The number of pyridine rings is 1. The molecule has 1 aromatic carbocycles. The number of esters is 1. The molecule has 30 heavy (non-hydrogen) atoms. The molecule has 0 bridgehead atoms. The number of carbonyl (C=O) groups excluding carboxylic acids is 1. The molecule has 0 saturated carbocycles. The molecule has 0 N–H and O–H groups in total. The molecule has 0 aliphatic carbocycles. The zero-order valence-electron chi connectivity index (χ0n) is 16.5. The lowest BCUT2D eigenvalue weighted by Gasteiger charge is -2.08. The highest BCUT2D eigenvalue weighted by molar-refractivity contribution is 5.85. The molecule has 0 aliphatic heterocycles. The van der Waals surface area contributed by atoms with Crippen LogP contribution in [0.15, 0.2) is 50.3 Å². The van der Waals surface area contributed by atoms with E-state index in [2.05, 4.69) is 15.1 Å². The van der Waals surface area contributed by atoms with Crippen LogP contribution in [0.25, 0.3) is 33.8 Å². The van der Waals surface area contributed by atoms with E-state index in [0.29, 0.717) is 39.4 Å². The minimum atomic E-state index is -0.637. The zero-order valence-corrected chi connectivity index (χ0v) is 16.5. The fourth-order valence-corrected chi connectivity index (χ4v) is 2.92. The summed E-state index contributed by atoms with van der Waals surface area (Å²) in [6.45, 7) is 3.02. The summed E-state index contributed by atoms with van der Waals surface area (Å²) in [6, 6.07) is 8.69. The molecule has 0 aliphatic rings. The molecule has 0 unspecified atom stereocenters. The average molecular weight is 407 g/mol. The minimum absolute atomic E-state index is 0.00674. The molecular formula is C21H17N3O6. The van der Waals surface area contributed by atoms with Gasteiger partial charge in [-0.2, -0.15) is 4.98 Å². The minimum Gasteiger partial charge on any atom is -0.497 e. The van der Waals surface area contributed by atoms with E-state index in [1.54, 1.807) is 50.6 Å². The second-order valence-electron chi connectivity index (χ2n) is 6.49. The Morgan fingerprint density at radius 2 is 1.97 bits per heavy atom. The highest BCUT2D eigenvalue weighted by Gasteiger charge is 2.19. The molecule has 4 aromatic rings. The third-order valence-electron chi connectivity index (χ3n) is 4.47. The average Bonchev–Trinajstić information content (AvgIpc) is 3.23. The predicted molar refractivity (Wildman–Crippen MR) is 106 cm³/mol. The van der Waals surface area contributed by atoms with Gasteiger partial charge in [0.25, 0.3) is 5.89 Å². The van der Waals surface area contributed by atoms with Crippen molar-refractivity contribution < 1.29 is 23.2 Å². The fourth-order valence-electron chi connectivity index (χ4n) is 2.92. The summed E-state index contributed by atoms with van der Waals surface area (Å²) in [6.07, 6.45) is 1.57. The van der Waals surface area contributed by atoms with Gasteiger partial charge in [0, 0.05) is 29.6 Å². The standard InChI is InChI=1S/C21H17N3O6/c1-11-18-16(14(9-22-11)10-28-12(2)25)8-17(21(26)29-18)20-23-19(24-30-20)13-4-6-15(27-3)7-5-13/h4-9H,10H2,1-3H3. The number of aromatic nitrogens is 3. The topological polar surface area (TPSA) is 118 Å². The van der Waals surface area contributed by atoms with E-state index in [1.807, 2.05) is 0 Å². The van der Waals surface area contributed by atoms with E-state index in [-0.39, 0.29) is 18.1 Å². The second-order valence-corrected chi connectivity index (χ2v) is 6.49. The summed E-state index contributed by atoms with van der Waals surface area (Å²) in [5, 5.41) is 4.52. The van der Waals surface area contributed by atoms with Crippen molar-refractivity contribution in [1.82, 2.24) is 15.1 Å². The molecule has 0 fully saturated rings. The van der Waals surface area contributed by atoms with Gasteiger partial charge in [0.15, 0.2) is 5.58 Å². The Balaban J connectivity index is 1.78. The van der Waals surface area contributed by atoms with Crippen LogP contribution < -0.4 is 10.4 Å². The smallest absolute Gasteiger partial charge is 0.349 e. The van der Waals surface area contributed by atoms with Crippen molar-refractivity contribution in [3.05, 3.63) is 58.2 Å². The number of nitrogens with zero attached hydrogens (tertiary/aromatic N) is 3. The summed E-state index contributed by atoms with van der Waals surface area (Å²) in [4.78, 5) is 32.3. The molecular weight excluding hydrogens is 390 g/mol. The molecule has 3 heterocycles. The van der Waals surface area contributed by atoms with Crippen molar-refractivity contribution in [3.63, 3.8) is 0 Å². The molecule has 0 atom stereocenters. The lowest BCUT2D eigenvalue weighted by atomic mass is 10.1. The normalized spacial score (nSPS) is 10.9. The maximum Gasteiger partial charge on any atom is 0.349 e. The van der Waals surface area contributed by atoms with E-state index in [0.717, 1.165) is 0 Å². The molecule has 3 aromatic heterocycles. The Morgan fingerprint density at radius 1 is 1.20 bits per heavy atom. The van der Waals surface area contributed by atoms with E-state index in [9.17, 15) is 9.59 Å². The SMILES string of the molecule is COc1ccc(-c2noc(-c3cc4c(COC(C)=O)cnc(C)c4oc3=O)n2)cc1. The van der Waals surface area contributed by atoms with Crippen molar-refractivity contribution in [1.29, 1.82) is 0 Å². The van der Waals surface area contributed by atoms with Gasteiger partial charge in [-0.25, -0.2) is 4.79 Å². The van der Waals surface area contributed by atoms with Gasteiger partial charge in [-0.3, -0.25) is 9.78 Å². The van der Waals surface area contributed by atoms with Crippen molar-refractivity contribution in [2.24, 2.45) is 0 Å². The largest absolute Gasteiger partial charge is 0.497 e. The number of carbonyl (C=O) groups is 1. The number of aryl methyl sites for hydroxylation is 1. The number of benzene rings is 1. The van der Waals surface area contributed by atoms with Crippen molar-refractivity contribution in [3.8, 4) is 28.6 Å². The van der Waals surface area contributed by atoms with Crippen LogP contribution in [0.2, 0.25) is 0 Å². The van der Waals surface area contributed by atoms with Crippen molar-refractivity contribution in [2.75, 3.05) is 7.11 Å². The van der Waals surface area contributed by atoms with Crippen LogP contribution in [0.3, 0.4) is 0 Å². The third kappa shape index (κ3) is 3.64. The van der Waals surface area contributed by atoms with E-state index >= 15 is 0 Å². The van der Waals surface area contributed by atoms with Crippen LogP contribution in [-0.4, -0.2) is 28.2 Å². The highest BCUT2D eigenvalue weighted by Crippen LogP contribution is 2.27. The summed E-state index contributed by atoms with van der Waals surface area (Å²) in [7, 11) is 1.58. The molecule has 0 spiro atoms. The Bertz CT molecular complexity index is 1290. The first-order chi connectivity index (χ1) is 14.5. The van der Waals surface area contributed by atoms with Crippen LogP contribution in [0, 0.1) is 6.92 Å². The molecule has 0 radical (unpaired) electrons. The number of rotatable bonds is 5. The Hall–Kier alpha value is -4.01. The van der Waals surface area contributed by atoms with Gasteiger partial charge in [0.1, 0.15) is 17.9 Å². The van der Waals surface area contributed by atoms with Gasteiger partial charge in [0.05, 0.1) is 12.8 Å². The monoisotopic (exact) mass is 407 g/mol. The molecule has 9 heteroatoms. The van der Waals surface area contributed by atoms with Gasteiger partial charge in [0.2, 0.25) is 5.82 Å². The third-order valence-corrected chi connectivity index (χ3v) is 4.47. The number of fused-ring (bicyclic) bond motifs is 1. The van der Waals surface area contributed by atoms with Gasteiger partial charge in [-0.1, -0.05) is 5.16 Å². The van der Waals surface area contributed by atoms with Gasteiger partial charge < -0.3 is 18.4 Å². The molecule has 0 saturated heterocycles. The van der Waals surface area contributed by atoms with E-state index in [4.69, 9.17) is 18.4 Å². The van der Waals surface area contributed by atoms with E-state index < -0.39 is 11.6 Å². The Labute approximate surface area is 170 Å². The number of ether oxygens (including phenoxy) is 2. The van der Waals surface area contributed by atoms with Crippen LogP contribution in [-0.2, 0) is 16.1 Å². The van der Waals surface area contributed by atoms with Crippen LogP contribution in [0.5, 0.6) is 5.75 Å². The van der Waals surface area contributed by atoms with Crippen molar-refractivity contribution >= 4 is 16.9 Å². The van der Waals surface area contributed by atoms with Gasteiger partial charge in [-0.15, -0.1) is 0 Å². The zero-order chi connectivity index (χ0) is 21.3. The van der Waals surface area contributed by atoms with E-state index in [1.165, 1.54) is 6.92 Å². The maximum atomic E-state index is 12.6. The predicted octanol–water partition coefficient (Wildman–Crippen LogP) is 3.29. The molecule has 0 amide bonds. The lowest BCUT2D eigenvalue weighted by Crippen LogP contribution is -2.06. The second kappa shape index (κ2) is 7.78. The summed E-state index contributed by atoms with van der Waals surface area (Å²) >= 11 is 0. The highest BCUT2D eigenvalue weighted by atomic mass is 16.5. The summed E-state index contributed by atoms with van der Waals surface area (Å²) in [5.41, 5.74) is 1.59.